The van der Waals surface area contributed by atoms with Crippen LogP contribution in [0.2, 0.25) is 0 Å². The van der Waals surface area contributed by atoms with Crippen molar-refractivity contribution in [3.8, 4) is 0 Å². The minimum absolute atomic E-state index is 0.0995. The quantitative estimate of drug-likeness (QED) is 0.799. The van der Waals surface area contributed by atoms with Crippen molar-refractivity contribution in [2.75, 3.05) is 6.61 Å². The van der Waals surface area contributed by atoms with Gasteiger partial charge in [0.2, 0.25) is 5.91 Å². The Morgan fingerprint density at radius 1 is 1.58 bits per heavy atom. The number of hydrogen-bond donors (Lipinski definition) is 2. The molecule has 2 rings (SSSR count). The Morgan fingerprint density at radius 2 is 2.37 bits per heavy atom. The van der Waals surface area contributed by atoms with Crippen LogP contribution >= 0.6 is 0 Å². The van der Waals surface area contributed by atoms with E-state index in [1.54, 1.807) is 17.0 Å². The van der Waals surface area contributed by atoms with Crippen LogP contribution in [0.1, 0.15) is 31.4 Å². The van der Waals surface area contributed by atoms with Gasteiger partial charge in [0.05, 0.1) is 5.69 Å². The van der Waals surface area contributed by atoms with E-state index in [0.717, 1.165) is 31.4 Å². The highest BCUT2D eigenvalue weighted by molar-refractivity contribution is 5.91. The molecule has 0 aromatic carbocycles. The molecular weight excluding hydrogens is 242 g/mol. The van der Waals surface area contributed by atoms with Gasteiger partial charge in [0.1, 0.15) is 0 Å². The molecule has 0 spiro atoms. The largest absolute Gasteiger partial charge is 0.396 e. The van der Waals surface area contributed by atoms with Crippen molar-refractivity contribution < 1.29 is 9.90 Å². The number of rotatable bonds is 4. The number of nitrogens with one attached hydrogen (secondary N) is 1. The summed E-state index contributed by atoms with van der Waals surface area (Å²) in [5, 5.41) is 16.3. The molecule has 0 aliphatic heterocycles. The molecule has 0 bridgehead atoms. The summed E-state index contributed by atoms with van der Waals surface area (Å²) < 4.78 is 1.71. The number of hydrogen-bond acceptors (Lipinski definition) is 3. The second kappa shape index (κ2) is 6.52. The summed E-state index contributed by atoms with van der Waals surface area (Å²) in [7, 11) is 1.83. The monoisotopic (exact) mass is 263 g/mol. The van der Waals surface area contributed by atoms with Gasteiger partial charge in [-0.3, -0.25) is 9.48 Å². The predicted octanol–water partition coefficient (Wildman–Crippen LogP) is 1.10. The standard InChI is InChI=1S/C14H21N3O2/c1-17-12(8-9-15-17)6-7-14(19)16-13-5-3-2-4-11(13)10-18/h6-9,11,13,18H,2-5,10H2,1H3,(H,16,19)/b7-6+. The molecule has 2 unspecified atom stereocenters. The molecule has 1 amide bonds. The topological polar surface area (TPSA) is 67.2 Å². The Kier molecular flexibility index (Phi) is 4.74. The normalized spacial score (nSPS) is 23.7. The SMILES string of the molecule is Cn1nccc1/C=C/C(=O)NC1CCCCC1CO. The van der Waals surface area contributed by atoms with E-state index in [4.69, 9.17) is 0 Å². The summed E-state index contributed by atoms with van der Waals surface area (Å²) in [4.78, 5) is 11.9. The second-order valence-electron chi connectivity index (χ2n) is 5.06. The Hall–Kier alpha value is -1.62. The molecule has 19 heavy (non-hydrogen) atoms. The van der Waals surface area contributed by atoms with Crippen LogP contribution in [0.25, 0.3) is 6.08 Å². The first kappa shape index (κ1) is 13.8. The van der Waals surface area contributed by atoms with Crippen molar-refractivity contribution in [3.63, 3.8) is 0 Å². The van der Waals surface area contributed by atoms with Gasteiger partial charge in [-0.25, -0.2) is 0 Å². The van der Waals surface area contributed by atoms with E-state index in [9.17, 15) is 9.90 Å². The molecule has 1 aliphatic rings. The molecule has 2 N–H and O–H groups in total. The van der Waals surface area contributed by atoms with Crippen LogP contribution in [0.5, 0.6) is 0 Å². The smallest absolute Gasteiger partial charge is 0.244 e. The van der Waals surface area contributed by atoms with Gasteiger partial charge in [-0.1, -0.05) is 12.8 Å². The average Bonchev–Trinajstić information content (AvgIpc) is 2.82. The lowest BCUT2D eigenvalue weighted by Crippen LogP contribution is -2.42. The summed E-state index contributed by atoms with van der Waals surface area (Å²) >= 11 is 0. The lowest BCUT2D eigenvalue weighted by Gasteiger charge is -2.30. The van der Waals surface area contributed by atoms with Gasteiger partial charge in [0.15, 0.2) is 0 Å². The van der Waals surface area contributed by atoms with E-state index in [-0.39, 0.29) is 24.5 Å². The Balaban J connectivity index is 1.90. The summed E-state index contributed by atoms with van der Waals surface area (Å²) in [6.07, 6.45) is 9.18. The first-order valence-electron chi connectivity index (χ1n) is 6.78. The van der Waals surface area contributed by atoms with Crippen LogP contribution in [-0.4, -0.2) is 33.4 Å². The molecule has 0 radical (unpaired) electrons. The molecule has 1 aromatic heterocycles. The van der Waals surface area contributed by atoms with Crippen LogP contribution in [0.4, 0.5) is 0 Å². The maximum absolute atomic E-state index is 11.9. The lowest BCUT2D eigenvalue weighted by molar-refractivity contribution is -0.117. The van der Waals surface area contributed by atoms with E-state index in [1.165, 1.54) is 6.08 Å². The van der Waals surface area contributed by atoms with Gasteiger partial charge < -0.3 is 10.4 Å². The zero-order valence-corrected chi connectivity index (χ0v) is 11.2. The number of amides is 1. The van der Waals surface area contributed by atoms with Gasteiger partial charge >= 0.3 is 0 Å². The van der Waals surface area contributed by atoms with Gasteiger partial charge in [0, 0.05) is 37.9 Å². The highest BCUT2D eigenvalue weighted by Crippen LogP contribution is 2.23. The lowest BCUT2D eigenvalue weighted by atomic mass is 9.85. The Morgan fingerprint density at radius 3 is 3.05 bits per heavy atom. The summed E-state index contributed by atoms with van der Waals surface area (Å²) in [5.74, 6) is 0.0920. The third kappa shape index (κ3) is 3.67. The van der Waals surface area contributed by atoms with Crippen LogP contribution in [0.15, 0.2) is 18.3 Å². The molecule has 5 heteroatoms. The number of aryl methyl sites for hydroxylation is 1. The summed E-state index contributed by atoms with van der Waals surface area (Å²) in [6.45, 7) is 0.149. The number of aromatic nitrogens is 2. The highest BCUT2D eigenvalue weighted by Gasteiger charge is 2.25. The van der Waals surface area contributed by atoms with Crippen molar-refractivity contribution in [2.24, 2.45) is 13.0 Å². The van der Waals surface area contributed by atoms with E-state index in [1.807, 2.05) is 13.1 Å². The Bertz CT molecular complexity index is 453. The van der Waals surface area contributed by atoms with Crippen LogP contribution in [-0.2, 0) is 11.8 Å². The van der Waals surface area contributed by atoms with E-state index < -0.39 is 0 Å². The molecule has 1 heterocycles. The highest BCUT2D eigenvalue weighted by atomic mass is 16.3. The summed E-state index contributed by atoms with van der Waals surface area (Å²) in [6, 6.07) is 1.95. The molecule has 1 saturated carbocycles. The maximum Gasteiger partial charge on any atom is 0.244 e. The molecule has 0 saturated heterocycles. The molecule has 5 nitrogen and oxygen atoms in total. The third-order valence-electron chi connectivity index (χ3n) is 3.74. The van der Waals surface area contributed by atoms with Gasteiger partial charge in [-0.05, 0) is 25.0 Å². The van der Waals surface area contributed by atoms with E-state index in [2.05, 4.69) is 10.4 Å². The minimum atomic E-state index is -0.105. The zero-order chi connectivity index (χ0) is 13.7. The second-order valence-corrected chi connectivity index (χ2v) is 5.06. The molecule has 1 aromatic rings. The fraction of sp³-hybridized carbons (Fsp3) is 0.571. The fourth-order valence-electron chi connectivity index (χ4n) is 2.56. The van der Waals surface area contributed by atoms with Crippen molar-refractivity contribution in [1.82, 2.24) is 15.1 Å². The molecular formula is C14H21N3O2. The first-order chi connectivity index (χ1) is 9.20. The number of carbonyl (C=O) groups is 1. The van der Waals surface area contributed by atoms with Crippen molar-refractivity contribution in [3.05, 3.63) is 24.0 Å². The minimum Gasteiger partial charge on any atom is -0.396 e. The van der Waals surface area contributed by atoms with E-state index in [0.29, 0.717) is 0 Å². The molecule has 104 valence electrons. The van der Waals surface area contributed by atoms with Crippen LogP contribution in [0, 0.1) is 5.92 Å². The predicted molar refractivity (Wildman–Crippen MR) is 73.2 cm³/mol. The number of aliphatic hydroxyl groups excluding tert-OH is 1. The zero-order valence-electron chi connectivity index (χ0n) is 11.2. The first-order valence-corrected chi connectivity index (χ1v) is 6.78. The van der Waals surface area contributed by atoms with Crippen molar-refractivity contribution in [2.45, 2.75) is 31.7 Å². The van der Waals surface area contributed by atoms with Crippen molar-refractivity contribution in [1.29, 1.82) is 0 Å². The number of aliphatic hydroxyl groups is 1. The third-order valence-corrected chi connectivity index (χ3v) is 3.74. The number of nitrogens with zero attached hydrogens (tertiary/aromatic N) is 2. The Labute approximate surface area is 113 Å². The van der Waals surface area contributed by atoms with Crippen LogP contribution < -0.4 is 5.32 Å². The van der Waals surface area contributed by atoms with Crippen LogP contribution in [0.3, 0.4) is 0 Å². The van der Waals surface area contributed by atoms with Gasteiger partial charge in [-0.2, -0.15) is 5.10 Å². The van der Waals surface area contributed by atoms with Gasteiger partial charge in [-0.15, -0.1) is 0 Å². The number of carbonyl (C=O) groups excluding carboxylic acids is 1. The maximum atomic E-state index is 11.9. The fourth-order valence-corrected chi connectivity index (χ4v) is 2.56. The summed E-state index contributed by atoms with van der Waals surface area (Å²) in [5.41, 5.74) is 0.887. The van der Waals surface area contributed by atoms with Gasteiger partial charge in [0.25, 0.3) is 0 Å². The molecule has 1 aliphatic carbocycles. The van der Waals surface area contributed by atoms with E-state index >= 15 is 0 Å². The average molecular weight is 263 g/mol. The van der Waals surface area contributed by atoms with Crippen molar-refractivity contribution >= 4 is 12.0 Å². The molecule has 2 atom stereocenters. The molecule has 1 fully saturated rings.